The lowest BCUT2D eigenvalue weighted by molar-refractivity contribution is -0.153. The number of rotatable bonds is 3. The summed E-state index contributed by atoms with van der Waals surface area (Å²) in [6.45, 7) is 1.59. The number of hydrogen-bond donors (Lipinski definition) is 3. The molecular weight excluding hydrogens is 299 g/mol. The summed E-state index contributed by atoms with van der Waals surface area (Å²) in [5.74, 6) is -4.02. The second-order valence-electron chi connectivity index (χ2n) is 3.11. The van der Waals surface area contributed by atoms with Gasteiger partial charge < -0.3 is 20.1 Å². The lowest BCUT2D eigenvalue weighted by atomic mass is 10.1. The fraction of sp³-hybridized carbons (Fsp3) is 0.300. The normalized spacial score (nSPS) is 12.2. The van der Waals surface area contributed by atoms with Gasteiger partial charge in [0.1, 0.15) is 0 Å². The Bertz CT molecular complexity index is 449. The van der Waals surface area contributed by atoms with Crippen molar-refractivity contribution >= 4 is 21.9 Å². The maximum atomic E-state index is 13.0. The van der Waals surface area contributed by atoms with Crippen molar-refractivity contribution in [2.75, 3.05) is 6.61 Å². The van der Waals surface area contributed by atoms with Crippen LogP contribution in [0.15, 0.2) is 10.5 Å². The average Bonchev–Trinajstić information content (AvgIpc) is 2.26. The first-order chi connectivity index (χ1) is 7.90. The van der Waals surface area contributed by atoms with Crippen LogP contribution in [0.2, 0.25) is 0 Å². The van der Waals surface area contributed by atoms with Crippen molar-refractivity contribution < 1.29 is 29.2 Å². The second kappa shape index (κ2) is 5.33. The molecule has 0 bridgehead atoms. The third kappa shape index (κ3) is 2.67. The van der Waals surface area contributed by atoms with Crippen molar-refractivity contribution in [2.24, 2.45) is 0 Å². The highest BCUT2D eigenvalue weighted by atomic mass is 79.9. The number of halogens is 2. The number of benzene rings is 1. The van der Waals surface area contributed by atoms with E-state index in [1.165, 1.54) is 0 Å². The van der Waals surface area contributed by atoms with Crippen molar-refractivity contribution in [3.63, 3.8) is 0 Å². The Morgan fingerprint density at radius 2 is 2.12 bits per heavy atom. The summed E-state index contributed by atoms with van der Waals surface area (Å²) >= 11 is 2.87. The van der Waals surface area contributed by atoms with Gasteiger partial charge in [0, 0.05) is 4.47 Å². The molecule has 0 saturated carbocycles. The lowest BCUT2D eigenvalue weighted by Gasteiger charge is -2.14. The minimum atomic E-state index is -1.81. The minimum absolute atomic E-state index is 0.0431. The summed E-state index contributed by atoms with van der Waals surface area (Å²) in [6, 6.07) is 0.826. The summed E-state index contributed by atoms with van der Waals surface area (Å²) in [5.41, 5.74) is -0.345. The van der Waals surface area contributed by atoms with Gasteiger partial charge in [0.05, 0.1) is 12.2 Å². The maximum absolute atomic E-state index is 13.0. The van der Waals surface area contributed by atoms with E-state index in [1.807, 2.05) is 0 Å². The van der Waals surface area contributed by atoms with Crippen LogP contribution in [0.4, 0.5) is 4.39 Å². The molecule has 17 heavy (non-hydrogen) atoms. The molecule has 7 heteroatoms. The van der Waals surface area contributed by atoms with E-state index in [-0.39, 0.29) is 16.6 Å². The van der Waals surface area contributed by atoms with Gasteiger partial charge in [-0.1, -0.05) is 15.9 Å². The molecule has 0 amide bonds. The molecule has 94 valence electrons. The van der Waals surface area contributed by atoms with Gasteiger partial charge in [-0.3, -0.25) is 0 Å². The Labute approximate surface area is 105 Å². The molecule has 1 rings (SSSR count). The van der Waals surface area contributed by atoms with Crippen LogP contribution in [0.25, 0.3) is 0 Å². The Hall–Kier alpha value is -1.34. The number of phenols is 2. The Morgan fingerprint density at radius 1 is 1.53 bits per heavy atom. The summed E-state index contributed by atoms with van der Waals surface area (Å²) in [5, 5.41) is 28.2. The van der Waals surface area contributed by atoms with Crippen LogP contribution in [0.3, 0.4) is 0 Å². The van der Waals surface area contributed by atoms with Crippen LogP contribution < -0.4 is 0 Å². The monoisotopic (exact) mass is 308 g/mol. The number of phenolic OH excluding ortho intramolecular Hbond substituents is 2. The van der Waals surface area contributed by atoms with Gasteiger partial charge in [-0.05, 0) is 13.0 Å². The van der Waals surface area contributed by atoms with Crippen LogP contribution in [-0.2, 0) is 9.53 Å². The molecule has 1 unspecified atom stereocenters. The van der Waals surface area contributed by atoms with Crippen LogP contribution in [-0.4, -0.2) is 27.9 Å². The molecule has 0 aliphatic carbocycles. The Balaban J connectivity index is 3.22. The molecule has 0 fully saturated rings. The van der Waals surface area contributed by atoms with E-state index < -0.39 is 29.4 Å². The molecule has 0 aliphatic heterocycles. The number of ether oxygens (including phenoxy) is 1. The fourth-order valence-electron chi connectivity index (χ4n) is 1.21. The zero-order chi connectivity index (χ0) is 13.2. The molecule has 1 aromatic rings. The number of carbonyl (C=O) groups is 1. The SMILES string of the molecule is CCOC(=O)C(O)c1c(Br)cc(F)c(O)c1O. The number of aliphatic hydroxyl groups is 1. The van der Waals surface area contributed by atoms with Gasteiger partial charge in [0.2, 0.25) is 0 Å². The molecule has 0 spiro atoms. The third-order valence-electron chi connectivity index (χ3n) is 2.00. The van der Waals surface area contributed by atoms with Crippen molar-refractivity contribution in [3.8, 4) is 11.5 Å². The number of carbonyl (C=O) groups excluding carboxylic acids is 1. The van der Waals surface area contributed by atoms with Crippen LogP contribution in [0.5, 0.6) is 11.5 Å². The van der Waals surface area contributed by atoms with Gasteiger partial charge in [-0.25, -0.2) is 9.18 Å². The second-order valence-corrected chi connectivity index (χ2v) is 3.96. The van der Waals surface area contributed by atoms with Crippen LogP contribution >= 0.6 is 15.9 Å². The summed E-state index contributed by atoms with van der Waals surface area (Å²) in [6.07, 6.45) is -1.81. The third-order valence-corrected chi connectivity index (χ3v) is 2.66. The molecule has 0 aliphatic rings. The predicted molar refractivity (Wildman–Crippen MR) is 59.0 cm³/mol. The van der Waals surface area contributed by atoms with Crippen molar-refractivity contribution in [1.82, 2.24) is 0 Å². The first-order valence-electron chi connectivity index (χ1n) is 4.64. The number of esters is 1. The van der Waals surface area contributed by atoms with E-state index in [0.29, 0.717) is 0 Å². The topological polar surface area (TPSA) is 87.0 Å². The molecule has 3 N–H and O–H groups in total. The number of hydrogen-bond acceptors (Lipinski definition) is 5. The smallest absolute Gasteiger partial charge is 0.339 e. The first kappa shape index (κ1) is 13.7. The molecule has 1 aromatic carbocycles. The zero-order valence-corrected chi connectivity index (χ0v) is 10.4. The van der Waals surface area contributed by atoms with Crippen molar-refractivity contribution in [2.45, 2.75) is 13.0 Å². The van der Waals surface area contributed by atoms with Crippen molar-refractivity contribution in [3.05, 3.63) is 21.9 Å². The molecular formula is C10H10BrFO5. The highest BCUT2D eigenvalue weighted by Gasteiger charge is 2.28. The van der Waals surface area contributed by atoms with Gasteiger partial charge in [0.15, 0.2) is 23.4 Å². The van der Waals surface area contributed by atoms with Gasteiger partial charge in [-0.15, -0.1) is 0 Å². The standard InChI is InChI=1S/C10H10BrFO5/c1-2-17-10(16)9(15)6-4(11)3-5(12)7(13)8(6)14/h3,9,13-15H,2H2,1H3. The van der Waals surface area contributed by atoms with Crippen LogP contribution in [0, 0.1) is 5.82 Å². The average molecular weight is 309 g/mol. The van der Waals surface area contributed by atoms with E-state index in [1.54, 1.807) is 6.92 Å². The minimum Gasteiger partial charge on any atom is -0.504 e. The molecule has 5 nitrogen and oxygen atoms in total. The molecule has 0 radical (unpaired) electrons. The molecule has 0 aromatic heterocycles. The van der Waals surface area contributed by atoms with E-state index in [0.717, 1.165) is 6.07 Å². The zero-order valence-electron chi connectivity index (χ0n) is 8.78. The van der Waals surface area contributed by atoms with Gasteiger partial charge in [0.25, 0.3) is 0 Å². The van der Waals surface area contributed by atoms with Crippen LogP contribution in [0.1, 0.15) is 18.6 Å². The van der Waals surface area contributed by atoms with Crippen molar-refractivity contribution in [1.29, 1.82) is 0 Å². The number of aliphatic hydroxyl groups excluding tert-OH is 1. The van der Waals surface area contributed by atoms with E-state index >= 15 is 0 Å². The molecule has 0 saturated heterocycles. The first-order valence-corrected chi connectivity index (χ1v) is 5.44. The predicted octanol–water partition coefficient (Wildman–Crippen LogP) is 1.60. The summed E-state index contributed by atoms with van der Waals surface area (Å²) in [7, 11) is 0. The molecule has 0 heterocycles. The Morgan fingerprint density at radius 3 is 2.65 bits per heavy atom. The largest absolute Gasteiger partial charge is 0.504 e. The quantitative estimate of drug-likeness (QED) is 0.583. The Kier molecular flexibility index (Phi) is 4.30. The van der Waals surface area contributed by atoms with Gasteiger partial charge in [-0.2, -0.15) is 0 Å². The summed E-state index contributed by atoms with van der Waals surface area (Å²) < 4.78 is 17.5. The maximum Gasteiger partial charge on any atom is 0.339 e. The summed E-state index contributed by atoms with van der Waals surface area (Å²) in [4.78, 5) is 11.3. The fourth-order valence-corrected chi connectivity index (χ4v) is 1.82. The highest BCUT2D eigenvalue weighted by molar-refractivity contribution is 9.10. The van der Waals surface area contributed by atoms with Gasteiger partial charge >= 0.3 is 5.97 Å². The van der Waals surface area contributed by atoms with E-state index in [2.05, 4.69) is 20.7 Å². The van der Waals surface area contributed by atoms with E-state index in [9.17, 15) is 19.4 Å². The number of aromatic hydroxyl groups is 2. The molecule has 1 atom stereocenters. The lowest BCUT2D eigenvalue weighted by Crippen LogP contribution is -2.16. The van der Waals surface area contributed by atoms with E-state index in [4.69, 9.17) is 5.11 Å². The highest BCUT2D eigenvalue weighted by Crippen LogP contribution is 2.40.